The highest BCUT2D eigenvalue weighted by Crippen LogP contribution is 2.20. The minimum atomic E-state index is 0.276. The molecule has 1 saturated heterocycles. The number of nitrogens with one attached hydrogen (secondary N) is 3. The number of anilines is 1. The summed E-state index contributed by atoms with van der Waals surface area (Å²) in [5, 5.41) is 7.69. The zero-order chi connectivity index (χ0) is 16.1. The first kappa shape index (κ1) is 16.3. The minimum Gasteiger partial charge on any atom is -0.463 e. The van der Waals surface area contributed by atoms with E-state index in [1.54, 1.807) is 11.2 Å². The fourth-order valence-corrected chi connectivity index (χ4v) is 3.41. The molecule has 1 aliphatic rings. The van der Waals surface area contributed by atoms with Crippen LogP contribution in [-0.2, 0) is 0 Å². The first-order chi connectivity index (χ1) is 11.2. The van der Waals surface area contributed by atoms with Crippen molar-refractivity contribution in [2.75, 3.05) is 25.0 Å². The highest BCUT2D eigenvalue weighted by molar-refractivity contribution is 7.80. The summed E-state index contributed by atoms with van der Waals surface area (Å²) < 4.78 is 5.63. The second-order valence-electron chi connectivity index (χ2n) is 5.75. The standard InChI is InChI=1S/C17H20ClN3OS/c18-13-6-1-2-7-14(13)20-17(23)19-12-15(16-8-5-11-22-16)21-9-3-4-10-21/h1-2,5-8,11,15H,3-4,9-10,12H2,(H2,19,20,23)/p+1/t15-/m0/s1. The van der Waals surface area contributed by atoms with Crippen LogP contribution < -0.4 is 15.5 Å². The Labute approximate surface area is 146 Å². The third kappa shape index (κ3) is 4.25. The van der Waals surface area contributed by atoms with E-state index >= 15 is 0 Å². The number of para-hydroxylation sites is 1. The largest absolute Gasteiger partial charge is 0.463 e. The maximum absolute atomic E-state index is 6.15. The number of hydrogen-bond donors (Lipinski definition) is 3. The van der Waals surface area contributed by atoms with Crippen LogP contribution >= 0.6 is 23.8 Å². The van der Waals surface area contributed by atoms with Crippen molar-refractivity contribution in [3.63, 3.8) is 0 Å². The minimum absolute atomic E-state index is 0.276. The van der Waals surface area contributed by atoms with Gasteiger partial charge in [0, 0.05) is 12.8 Å². The SMILES string of the molecule is S=C(NC[C@@H](c1ccco1)[NH+]1CCCC1)Nc1ccccc1Cl. The molecule has 0 spiro atoms. The second kappa shape index (κ2) is 7.81. The molecule has 1 aromatic carbocycles. The monoisotopic (exact) mass is 350 g/mol. The average molecular weight is 351 g/mol. The first-order valence-corrected chi connectivity index (χ1v) is 8.70. The Kier molecular flexibility index (Phi) is 5.54. The molecule has 1 fully saturated rings. The Morgan fingerprint density at radius 2 is 2.00 bits per heavy atom. The summed E-state index contributed by atoms with van der Waals surface area (Å²) in [6.07, 6.45) is 4.28. The molecule has 0 amide bonds. The van der Waals surface area contributed by atoms with E-state index in [-0.39, 0.29) is 6.04 Å². The van der Waals surface area contributed by atoms with Crippen molar-refractivity contribution in [2.24, 2.45) is 0 Å². The maximum atomic E-state index is 6.15. The highest BCUT2D eigenvalue weighted by atomic mass is 35.5. The molecular weight excluding hydrogens is 330 g/mol. The van der Waals surface area contributed by atoms with E-state index in [1.165, 1.54) is 25.9 Å². The molecule has 3 rings (SSSR count). The Morgan fingerprint density at radius 1 is 1.22 bits per heavy atom. The number of halogens is 1. The van der Waals surface area contributed by atoms with Crippen molar-refractivity contribution in [2.45, 2.75) is 18.9 Å². The zero-order valence-corrected chi connectivity index (χ0v) is 14.4. The van der Waals surface area contributed by atoms with Gasteiger partial charge < -0.3 is 20.0 Å². The quantitative estimate of drug-likeness (QED) is 0.725. The van der Waals surface area contributed by atoms with Crippen LogP contribution in [0.25, 0.3) is 0 Å². The van der Waals surface area contributed by atoms with E-state index in [1.807, 2.05) is 36.4 Å². The van der Waals surface area contributed by atoms with Crippen LogP contribution in [0.4, 0.5) is 5.69 Å². The van der Waals surface area contributed by atoms with E-state index in [0.29, 0.717) is 10.1 Å². The number of likely N-dealkylation sites (tertiary alicyclic amines) is 1. The average Bonchev–Trinajstić information content (AvgIpc) is 3.23. The van der Waals surface area contributed by atoms with Crippen LogP contribution in [0.15, 0.2) is 47.1 Å². The van der Waals surface area contributed by atoms with Crippen molar-refractivity contribution < 1.29 is 9.32 Å². The number of furan rings is 1. The Morgan fingerprint density at radius 3 is 2.70 bits per heavy atom. The van der Waals surface area contributed by atoms with Gasteiger partial charge in [-0.1, -0.05) is 23.7 Å². The number of quaternary nitrogens is 1. The molecule has 1 aromatic heterocycles. The summed E-state index contributed by atoms with van der Waals surface area (Å²) in [7, 11) is 0. The Hall–Kier alpha value is -1.56. The Balaban J connectivity index is 1.60. The fraction of sp³-hybridized carbons (Fsp3) is 0.353. The molecular formula is C17H21ClN3OS+. The summed E-state index contributed by atoms with van der Waals surface area (Å²) in [5.74, 6) is 1.01. The Bertz CT molecular complexity index is 641. The van der Waals surface area contributed by atoms with Crippen LogP contribution in [0.1, 0.15) is 24.6 Å². The van der Waals surface area contributed by atoms with Crippen LogP contribution in [0.2, 0.25) is 5.02 Å². The van der Waals surface area contributed by atoms with Crippen molar-refractivity contribution >= 4 is 34.6 Å². The van der Waals surface area contributed by atoms with Crippen LogP contribution in [-0.4, -0.2) is 24.7 Å². The lowest BCUT2D eigenvalue weighted by molar-refractivity contribution is -0.919. The predicted molar refractivity (Wildman–Crippen MR) is 97.1 cm³/mol. The first-order valence-electron chi connectivity index (χ1n) is 7.91. The number of thiocarbonyl (C=S) groups is 1. The van der Waals surface area contributed by atoms with Gasteiger partial charge in [-0.25, -0.2) is 0 Å². The molecule has 23 heavy (non-hydrogen) atoms. The van der Waals surface area contributed by atoms with E-state index in [0.717, 1.165) is 18.0 Å². The molecule has 0 bridgehead atoms. The van der Waals surface area contributed by atoms with Crippen LogP contribution in [0.3, 0.4) is 0 Å². The van der Waals surface area contributed by atoms with E-state index < -0.39 is 0 Å². The molecule has 6 heteroatoms. The topological polar surface area (TPSA) is 41.6 Å². The van der Waals surface area contributed by atoms with Crippen LogP contribution in [0.5, 0.6) is 0 Å². The van der Waals surface area contributed by atoms with Crippen molar-refractivity contribution in [1.82, 2.24) is 5.32 Å². The maximum Gasteiger partial charge on any atom is 0.171 e. The summed E-state index contributed by atoms with van der Waals surface area (Å²) in [6, 6.07) is 11.8. The summed E-state index contributed by atoms with van der Waals surface area (Å²) in [5.41, 5.74) is 0.815. The predicted octanol–water partition coefficient (Wildman–Crippen LogP) is 2.64. The fourth-order valence-electron chi connectivity index (χ4n) is 3.04. The van der Waals surface area contributed by atoms with Gasteiger partial charge in [0.1, 0.15) is 0 Å². The highest BCUT2D eigenvalue weighted by Gasteiger charge is 2.29. The molecule has 0 aliphatic carbocycles. The van der Waals surface area contributed by atoms with Gasteiger partial charge in [-0.2, -0.15) is 0 Å². The van der Waals surface area contributed by atoms with E-state index in [4.69, 9.17) is 28.2 Å². The molecule has 2 heterocycles. The van der Waals surface area contributed by atoms with Crippen molar-refractivity contribution in [3.8, 4) is 0 Å². The molecule has 0 saturated carbocycles. The third-order valence-corrected chi connectivity index (χ3v) is 4.79. The molecule has 3 N–H and O–H groups in total. The summed E-state index contributed by atoms with van der Waals surface area (Å²) in [6.45, 7) is 3.09. The molecule has 2 aromatic rings. The molecule has 1 aliphatic heterocycles. The molecule has 0 radical (unpaired) electrons. The smallest absolute Gasteiger partial charge is 0.171 e. The summed E-state index contributed by atoms with van der Waals surface area (Å²) >= 11 is 11.5. The van der Waals surface area contributed by atoms with Gasteiger partial charge in [0.15, 0.2) is 16.9 Å². The van der Waals surface area contributed by atoms with Gasteiger partial charge in [-0.15, -0.1) is 0 Å². The third-order valence-electron chi connectivity index (χ3n) is 4.21. The molecule has 1 atom stereocenters. The van der Waals surface area contributed by atoms with E-state index in [9.17, 15) is 0 Å². The van der Waals surface area contributed by atoms with Gasteiger partial charge in [-0.05, 0) is 36.5 Å². The van der Waals surface area contributed by atoms with E-state index in [2.05, 4.69) is 10.6 Å². The molecule has 0 unspecified atom stereocenters. The van der Waals surface area contributed by atoms with Gasteiger partial charge in [0.2, 0.25) is 0 Å². The number of benzene rings is 1. The number of rotatable bonds is 5. The van der Waals surface area contributed by atoms with Gasteiger partial charge >= 0.3 is 0 Å². The van der Waals surface area contributed by atoms with Gasteiger partial charge in [-0.3, -0.25) is 0 Å². The van der Waals surface area contributed by atoms with Gasteiger partial charge in [0.05, 0.1) is 36.6 Å². The van der Waals surface area contributed by atoms with Crippen molar-refractivity contribution in [1.29, 1.82) is 0 Å². The van der Waals surface area contributed by atoms with Crippen LogP contribution in [0, 0.1) is 0 Å². The van der Waals surface area contributed by atoms with Crippen molar-refractivity contribution in [3.05, 3.63) is 53.4 Å². The lowest BCUT2D eigenvalue weighted by Crippen LogP contribution is -3.11. The van der Waals surface area contributed by atoms with Gasteiger partial charge in [0.25, 0.3) is 0 Å². The second-order valence-corrected chi connectivity index (χ2v) is 6.56. The lowest BCUT2D eigenvalue weighted by atomic mass is 10.2. The zero-order valence-electron chi connectivity index (χ0n) is 12.8. The molecule has 122 valence electrons. The number of hydrogen-bond acceptors (Lipinski definition) is 2. The molecule has 4 nitrogen and oxygen atoms in total. The lowest BCUT2D eigenvalue weighted by Gasteiger charge is -2.24. The normalized spacial score (nSPS) is 16.2. The summed E-state index contributed by atoms with van der Waals surface area (Å²) in [4.78, 5) is 1.55.